The number of hydrogen-bond donors (Lipinski definition) is 1. The van der Waals surface area contributed by atoms with E-state index in [0.717, 1.165) is 5.56 Å². The normalized spacial score (nSPS) is 15.6. The number of aliphatic carboxylic acids is 1. The largest absolute Gasteiger partial charge is 0.481 e. The second kappa shape index (κ2) is 7.24. The lowest BCUT2D eigenvalue weighted by Crippen LogP contribution is -2.41. The number of carbonyl (C=O) groups excluding carboxylic acids is 1. The highest BCUT2D eigenvalue weighted by molar-refractivity contribution is 5.78. The number of ether oxygens (including phenoxy) is 1. The fourth-order valence-electron chi connectivity index (χ4n) is 2.59. The van der Waals surface area contributed by atoms with Gasteiger partial charge in [-0.05, 0) is 43.4 Å². The third-order valence-corrected chi connectivity index (χ3v) is 3.87. The average Bonchev–Trinajstić information content (AvgIpc) is 2.48. The summed E-state index contributed by atoms with van der Waals surface area (Å²) in [5.74, 6) is -1.29. The minimum absolute atomic E-state index is 0.0779. The standard InChI is InChI=1S/C16H20FNO4/c1-11-2-3-13(17)14(8-11)22-10-15(19)18-6-4-12(5-7-18)9-16(20)21/h2-3,8,12H,4-7,9-10H2,1H3,(H,20,21). The Hall–Kier alpha value is -2.11. The molecule has 0 bridgehead atoms. The number of carboxylic acids is 1. The monoisotopic (exact) mass is 309 g/mol. The summed E-state index contributed by atoms with van der Waals surface area (Å²) in [6, 6.07) is 4.51. The van der Waals surface area contributed by atoms with Gasteiger partial charge in [0.25, 0.3) is 5.91 Å². The fraction of sp³-hybridized carbons (Fsp3) is 0.500. The molecule has 1 aliphatic rings. The number of benzene rings is 1. The lowest BCUT2D eigenvalue weighted by Gasteiger charge is -2.31. The van der Waals surface area contributed by atoms with Gasteiger partial charge in [-0.1, -0.05) is 6.07 Å². The second-order valence-corrected chi connectivity index (χ2v) is 5.64. The van der Waals surface area contributed by atoms with Crippen molar-refractivity contribution in [3.63, 3.8) is 0 Å². The topological polar surface area (TPSA) is 66.8 Å². The first-order valence-corrected chi connectivity index (χ1v) is 7.34. The molecular formula is C16H20FNO4. The smallest absolute Gasteiger partial charge is 0.303 e. The highest BCUT2D eigenvalue weighted by Crippen LogP contribution is 2.21. The van der Waals surface area contributed by atoms with Crippen molar-refractivity contribution in [1.82, 2.24) is 4.90 Å². The number of carbonyl (C=O) groups is 2. The van der Waals surface area contributed by atoms with Crippen molar-refractivity contribution in [2.75, 3.05) is 19.7 Å². The molecule has 2 rings (SSSR count). The van der Waals surface area contributed by atoms with Gasteiger partial charge in [0.15, 0.2) is 18.2 Å². The van der Waals surface area contributed by atoms with Crippen LogP contribution in [-0.2, 0) is 9.59 Å². The highest BCUT2D eigenvalue weighted by atomic mass is 19.1. The van der Waals surface area contributed by atoms with Crippen molar-refractivity contribution in [3.8, 4) is 5.75 Å². The maximum atomic E-state index is 13.5. The molecule has 0 aromatic heterocycles. The van der Waals surface area contributed by atoms with Gasteiger partial charge in [-0.25, -0.2) is 4.39 Å². The summed E-state index contributed by atoms with van der Waals surface area (Å²) in [5, 5.41) is 8.76. The van der Waals surface area contributed by atoms with E-state index in [-0.39, 0.29) is 30.6 Å². The van der Waals surface area contributed by atoms with E-state index >= 15 is 0 Å². The van der Waals surface area contributed by atoms with E-state index in [1.54, 1.807) is 17.0 Å². The van der Waals surface area contributed by atoms with Gasteiger partial charge in [0.05, 0.1) is 0 Å². The second-order valence-electron chi connectivity index (χ2n) is 5.64. The number of hydrogen-bond acceptors (Lipinski definition) is 3. The Balaban J connectivity index is 1.81. The molecule has 5 nitrogen and oxygen atoms in total. The molecule has 1 aliphatic heterocycles. The lowest BCUT2D eigenvalue weighted by molar-refractivity contribution is -0.139. The molecule has 22 heavy (non-hydrogen) atoms. The van der Waals surface area contributed by atoms with Crippen molar-refractivity contribution in [1.29, 1.82) is 0 Å². The van der Waals surface area contributed by atoms with E-state index in [0.29, 0.717) is 25.9 Å². The first kappa shape index (κ1) is 16.3. The van der Waals surface area contributed by atoms with Crippen LogP contribution in [-0.4, -0.2) is 41.6 Å². The Morgan fingerprint density at radius 1 is 1.36 bits per heavy atom. The van der Waals surface area contributed by atoms with Gasteiger partial charge in [0.1, 0.15) is 0 Å². The summed E-state index contributed by atoms with van der Waals surface area (Å²) in [6.45, 7) is 2.66. The zero-order valence-electron chi connectivity index (χ0n) is 12.5. The third kappa shape index (κ3) is 4.44. The Labute approximate surface area is 128 Å². The highest BCUT2D eigenvalue weighted by Gasteiger charge is 2.24. The van der Waals surface area contributed by atoms with Gasteiger partial charge in [0.2, 0.25) is 0 Å². The molecule has 1 amide bonds. The zero-order chi connectivity index (χ0) is 16.1. The maximum absolute atomic E-state index is 13.5. The predicted molar refractivity (Wildman–Crippen MR) is 78.2 cm³/mol. The van der Waals surface area contributed by atoms with Crippen LogP contribution in [0.1, 0.15) is 24.8 Å². The molecule has 0 atom stereocenters. The molecule has 0 saturated carbocycles. The molecule has 0 aliphatic carbocycles. The maximum Gasteiger partial charge on any atom is 0.303 e. The molecule has 6 heteroatoms. The van der Waals surface area contributed by atoms with Crippen molar-refractivity contribution in [2.24, 2.45) is 5.92 Å². The van der Waals surface area contributed by atoms with Crippen LogP contribution in [0, 0.1) is 18.7 Å². The predicted octanol–water partition coefficient (Wildman–Crippen LogP) is 2.23. The summed E-state index contributed by atoms with van der Waals surface area (Å²) in [4.78, 5) is 24.4. The number of nitrogens with zero attached hydrogens (tertiary/aromatic N) is 1. The van der Waals surface area contributed by atoms with E-state index < -0.39 is 11.8 Å². The number of carboxylic acid groups (broad SMARTS) is 1. The molecular weight excluding hydrogens is 289 g/mol. The summed E-state index contributed by atoms with van der Waals surface area (Å²) in [6.07, 6.45) is 1.50. The Morgan fingerprint density at radius 3 is 2.68 bits per heavy atom. The molecule has 1 N–H and O–H groups in total. The van der Waals surface area contributed by atoms with Gasteiger partial charge in [-0.3, -0.25) is 9.59 Å². The van der Waals surface area contributed by atoms with Crippen molar-refractivity contribution in [2.45, 2.75) is 26.2 Å². The molecule has 1 saturated heterocycles. The Morgan fingerprint density at radius 2 is 2.05 bits per heavy atom. The molecule has 1 aromatic rings. The Bertz CT molecular complexity index is 553. The van der Waals surface area contributed by atoms with Crippen molar-refractivity contribution < 1.29 is 23.8 Å². The number of piperidine rings is 1. The Kier molecular flexibility index (Phi) is 5.35. The van der Waals surface area contributed by atoms with E-state index in [2.05, 4.69) is 0 Å². The minimum Gasteiger partial charge on any atom is -0.481 e. The molecule has 1 aromatic carbocycles. The number of halogens is 1. The number of amides is 1. The molecule has 1 heterocycles. The third-order valence-electron chi connectivity index (χ3n) is 3.87. The molecule has 0 unspecified atom stereocenters. The van der Waals surface area contributed by atoms with Gasteiger partial charge < -0.3 is 14.7 Å². The first-order chi connectivity index (χ1) is 10.5. The van der Waals surface area contributed by atoms with E-state index in [1.807, 2.05) is 6.92 Å². The molecule has 0 spiro atoms. The van der Waals surface area contributed by atoms with Gasteiger partial charge in [-0.2, -0.15) is 0 Å². The first-order valence-electron chi connectivity index (χ1n) is 7.34. The molecule has 120 valence electrons. The van der Waals surface area contributed by atoms with Crippen LogP contribution in [0.2, 0.25) is 0 Å². The van der Waals surface area contributed by atoms with Crippen LogP contribution in [0.25, 0.3) is 0 Å². The van der Waals surface area contributed by atoms with Crippen LogP contribution >= 0.6 is 0 Å². The summed E-state index contributed by atoms with van der Waals surface area (Å²) in [5.41, 5.74) is 0.860. The minimum atomic E-state index is -0.803. The molecule has 1 fully saturated rings. The van der Waals surface area contributed by atoms with Crippen LogP contribution < -0.4 is 4.74 Å². The number of aryl methyl sites for hydroxylation is 1. The van der Waals surface area contributed by atoms with E-state index in [1.165, 1.54) is 6.07 Å². The average molecular weight is 309 g/mol. The number of rotatable bonds is 5. The van der Waals surface area contributed by atoms with Crippen molar-refractivity contribution in [3.05, 3.63) is 29.6 Å². The summed E-state index contributed by atoms with van der Waals surface area (Å²) < 4.78 is 18.8. The van der Waals surface area contributed by atoms with Crippen LogP contribution in [0.3, 0.4) is 0 Å². The van der Waals surface area contributed by atoms with Crippen LogP contribution in [0.5, 0.6) is 5.75 Å². The van der Waals surface area contributed by atoms with Crippen LogP contribution in [0.4, 0.5) is 4.39 Å². The van der Waals surface area contributed by atoms with Gasteiger partial charge in [0, 0.05) is 19.5 Å². The SMILES string of the molecule is Cc1ccc(F)c(OCC(=O)N2CCC(CC(=O)O)CC2)c1. The summed E-state index contributed by atoms with van der Waals surface area (Å²) >= 11 is 0. The van der Waals surface area contributed by atoms with Crippen molar-refractivity contribution >= 4 is 11.9 Å². The number of likely N-dealkylation sites (tertiary alicyclic amines) is 1. The van der Waals surface area contributed by atoms with Crippen LogP contribution in [0.15, 0.2) is 18.2 Å². The molecule has 0 radical (unpaired) electrons. The van der Waals surface area contributed by atoms with Gasteiger partial charge >= 0.3 is 5.97 Å². The lowest BCUT2D eigenvalue weighted by atomic mass is 9.94. The van der Waals surface area contributed by atoms with E-state index in [9.17, 15) is 14.0 Å². The quantitative estimate of drug-likeness (QED) is 0.905. The van der Waals surface area contributed by atoms with E-state index in [4.69, 9.17) is 9.84 Å². The zero-order valence-corrected chi connectivity index (χ0v) is 12.5. The fourth-order valence-corrected chi connectivity index (χ4v) is 2.59. The summed E-state index contributed by atoms with van der Waals surface area (Å²) in [7, 11) is 0. The van der Waals surface area contributed by atoms with Gasteiger partial charge in [-0.15, -0.1) is 0 Å².